The zero-order valence-electron chi connectivity index (χ0n) is 10.8. The predicted molar refractivity (Wildman–Crippen MR) is 72.6 cm³/mol. The molecule has 0 aromatic carbocycles. The van der Waals surface area contributed by atoms with E-state index in [0.717, 1.165) is 12.6 Å². The summed E-state index contributed by atoms with van der Waals surface area (Å²) in [6.45, 7) is 9.17. The number of nitrogens with one attached hydrogen (secondary N) is 1. The lowest BCUT2D eigenvalue weighted by Gasteiger charge is -2.22. The van der Waals surface area contributed by atoms with Gasteiger partial charge in [-0.1, -0.05) is 49.6 Å². The summed E-state index contributed by atoms with van der Waals surface area (Å²) < 4.78 is 0. The third-order valence-electron chi connectivity index (χ3n) is 3.26. The molecule has 0 spiro atoms. The van der Waals surface area contributed by atoms with Gasteiger partial charge in [-0.15, -0.1) is 0 Å². The van der Waals surface area contributed by atoms with Gasteiger partial charge in [0.25, 0.3) is 0 Å². The fraction of sp³-hybridized carbons (Fsp3) is 0.600. The molecule has 0 atom stereocenters. The first kappa shape index (κ1) is 13.2. The molecule has 1 rings (SSSR count). The highest BCUT2D eigenvalue weighted by atomic mass is 14.9. The largest absolute Gasteiger partial charge is 0.310 e. The van der Waals surface area contributed by atoms with Crippen molar-refractivity contribution in [1.29, 1.82) is 0 Å². The molecule has 1 saturated carbocycles. The van der Waals surface area contributed by atoms with Crippen LogP contribution < -0.4 is 5.32 Å². The van der Waals surface area contributed by atoms with Gasteiger partial charge in [0.1, 0.15) is 0 Å². The number of hydrogen-bond donors (Lipinski definition) is 1. The number of hydrogen-bond acceptors (Lipinski definition) is 1. The van der Waals surface area contributed by atoms with Gasteiger partial charge in [0.2, 0.25) is 0 Å². The Labute approximate surface area is 100 Å². The van der Waals surface area contributed by atoms with Crippen molar-refractivity contribution in [2.45, 2.75) is 52.0 Å². The van der Waals surface area contributed by atoms with Crippen LogP contribution in [0.3, 0.4) is 0 Å². The number of allylic oxidation sites excluding steroid dienone is 3. The van der Waals surface area contributed by atoms with Crippen molar-refractivity contribution in [3.63, 3.8) is 0 Å². The minimum absolute atomic E-state index is 0.724. The van der Waals surface area contributed by atoms with Crippen LogP contribution in [-0.2, 0) is 0 Å². The van der Waals surface area contributed by atoms with E-state index in [-0.39, 0.29) is 0 Å². The summed E-state index contributed by atoms with van der Waals surface area (Å²) in [6.07, 6.45) is 13.2. The zero-order valence-corrected chi connectivity index (χ0v) is 10.8. The van der Waals surface area contributed by atoms with Gasteiger partial charge in [0.05, 0.1) is 0 Å². The molecule has 1 nitrogen and oxygen atoms in total. The number of rotatable bonds is 5. The van der Waals surface area contributed by atoms with Crippen LogP contribution in [0.15, 0.2) is 36.0 Å². The predicted octanol–water partition coefficient (Wildman–Crippen LogP) is 3.99. The monoisotopic (exact) mass is 219 g/mol. The van der Waals surface area contributed by atoms with E-state index in [1.165, 1.54) is 43.3 Å². The molecule has 0 aromatic rings. The Bertz CT molecular complexity index is 267. The third kappa shape index (κ3) is 5.32. The highest BCUT2D eigenvalue weighted by molar-refractivity contribution is 5.25. The van der Waals surface area contributed by atoms with Gasteiger partial charge in [-0.25, -0.2) is 0 Å². The topological polar surface area (TPSA) is 12.0 Å². The van der Waals surface area contributed by atoms with Crippen LogP contribution in [0.2, 0.25) is 0 Å². The van der Waals surface area contributed by atoms with Gasteiger partial charge in [-0.3, -0.25) is 0 Å². The molecule has 1 fully saturated rings. The molecular weight excluding hydrogens is 194 g/mol. The first-order valence-corrected chi connectivity index (χ1v) is 6.44. The SMILES string of the molecule is C=C(/C=C\C(C)=C/C)CNC1CCCCC1. The van der Waals surface area contributed by atoms with E-state index in [9.17, 15) is 0 Å². The first-order valence-electron chi connectivity index (χ1n) is 6.44. The van der Waals surface area contributed by atoms with Crippen molar-refractivity contribution in [3.8, 4) is 0 Å². The quantitative estimate of drug-likeness (QED) is 0.689. The second-order valence-corrected chi connectivity index (χ2v) is 4.74. The maximum Gasteiger partial charge on any atom is 0.0202 e. The lowest BCUT2D eigenvalue weighted by Crippen LogP contribution is -2.32. The van der Waals surface area contributed by atoms with Crippen molar-refractivity contribution < 1.29 is 0 Å². The van der Waals surface area contributed by atoms with Gasteiger partial charge < -0.3 is 5.32 Å². The Morgan fingerprint density at radius 1 is 1.25 bits per heavy atom. The van der Waals surface area contributed by atoms with E-state index in [0.29, 0.717) is 0 Å². The van der Waals surface area contributed by atoms with Crippen LogP contribution in [0.25, 0.3) is 0 Å². The van der Waals surface area contributed by atoms with Crippen molar-refractivity contribution in [3.05, 3.63) is 36.0 Å². The minimum Gasteiger partial charge on any atom is -0.310 e. The van der Waals surface area contributed by atoms with E-state index < -0.39 is 0 Å². The molecule has 0 aromatic heterocycles. The molecular formula is C15H25N. The van der Waals surface area contributed by atoms with Crippen LogP contribution >= 0.6 is 0 Å². The Morgan fingerprint density at radius 2 is 1.94 bits per heavy atom. The molecule has 0 aliphatic heterocycles. The zero-order chi connectivity index (χ0) is 11.8. The van der Waals surface area contributed by atoms with E-state index in [1.54, 1.807) is 0 Å². The van der Waals surface area contributed by atoms with Gasteiger partial charge in [-0.05, 0) is 32.3 Å². The van der Waals surface area contributed by atoms with Gasteiger partial charge in [-0.2, -0.15) is 0 Å². The van der Waals surface area contributed by atoms with E-state index >= 15 is 0 Å². The van der Waals surface area contributed by atoms with Crippen molar-refractivity contribution >= 4 is 0 Å². The highest BCUT2D eigenvalue weighted by Crippen LogP contribution is 2.17. The second-order valence-electron chi connectivity index (χ2n) is 4.74. The Balaban J connectivity index is 2.21. The van der Waals surface area contributed by atoms with Crippen LogP contribution in [0.1, 0.15) is 46.0 Å². The summed E-state index contributed by atoms with van der Waals surface area (Å²) in [5.74, 6) is 0. The van der Waals surface area contributed by atoms with Crippen LogP contribution in [0.4, 0.5) is 0 Å². The third-order valence-corrected chi connectivity index (χ3v) is 3.26. The Morgan fingerprint density at radius 3 is 2.56 bits per heavy atom. The summed E-state index contributed by atoms with van der Waals surface area (Å²) in [4.78, 5) is 0. The van der Waals surface area contributed by atoms with Gasteiger partial charge in [0, 0.05) is 12.6 Å². The summed E-state index contributed by atoms with van der Waals surface area (Å²) >= 11 is 0. The molecule has 16 heavy (non-hydrogen) atoms. The van der Waals surface area contributed by atoms with E-state index in [4.69, 9.17) is 0 Å². The summed E-state index contributed by atoms with van der Waals surface area (Å²) in [5, 5.41) is 3.59. The molecule has 1 aliphatic rings. The van der Waals surface area contributed by atoms with Crippen LogP contribution in [0.5, 0.6) is 0 Å². The smallest absolute Gasteiger partial charge is 0.0202 e. The molecule has 0 unspecified atom stereocenters. The molecule has 0 saturated heterocycles. The van der Waals surface area contributed by atoms with Crippen molar-refractivity contribution in [2.75, 3.05) is 6.54 Å². The van der Waals surface area contributed by atoms with Crippen molar-refractivity contribution in [1.82, 2.24) is 5.32 Å². The minimum atomic E-state index is 0.724. The molecule has 1 heteroatoms. The maximum atomic E-state index is 4.07. The normalized spacial score (nSPS) is 19.2. The van der Waals surface area contributed by atoms with Crippen LogP contribution in [0, 0.1) is 0 Å². The standard InChI is InChI=1S/C15H25N/c1-4-13(2)10-11-14(3)12-16-15-8-6-5-7-9-15/h4,10-11,15-16H,3,5-9,12H2,1-2H3/b11-10-,13-4-. The van der Waals surface area contributed by atoms with Crippen molar-refractivity contribution in [2.24, 2.45) is 0 Å². The molecule has 0 amide bonds. The highest BCUT2D eigenvalue weighted by Gasteiger charge is 2.11. The maximum absolute atomic E-state index is 4.07. The molecule has 1 aliphatic carbocycles. The Hall–Kier alpha value is -0.820. The molecule has 90 valence electrons. The van der Waals surface area contributed by atoms with Gasteiger partial charge in [0.15, 0.2) is 0 Å². The average molecular weight is 219 g/mol. The summed E-state index contributed by atoms with van der Waals surface area (Å²) in [5.41, 5.74) is 2.46. The summed E-state index contributed by atoms with van der Waals surface area (Å²) in [7, 11) is 0. The first-order chi connectivity index (χ1) is 7.72. The fourth-order valence-electron chi connectivity index (χ4n) is 1.99. The second kappa shape index (κ2) is 7.45. The lowest BCUT2D eigenvalue weighted by atomic mass is 9.95. The molecule has 0 radical (unpaired) electrons. The van der Waals surface area contributed by atoms with Gasteiger partial charge >= 0.3 is 0 Å². The molecule has 1 N–H and O–H groups in total. The molecule has 0 heterocycles. The summed E-state index contributed by atoms with van der Waals surface area (Å²) in [6, 6.07) is 0.724. The average Bonchev–Trinajstić information content (AvgIpc) is 2.34. The Kier molecular flexibility index (Phi) is 6.17. The fourth-order valence-corrected chi connectivity index (χ4v) is 1.99. The van der Waals surface area contributed by atoms with E-state index in [2.05, 4.69) is 44.0 Å². The lowest BCUT2D eigenvalue weighted by molar-refractivity contribution is 0.383. The molecule has 0 bridgehead atoms. The van der Waals surface area contributed by atoms with E-state index in [1.807, 2.05) is 0 Å². The van der Waals surface area contributed by atoms with Crippen LogP contribution in [-0.4, -0.2) is 12.6 Å².